The maximum Gasteiger partial charge on any atom is 0.444 e. The van der Waals surface area contributed by atoms with Crippen LogP contribution in [0.15, 0.2) is 39.6 Å². The lowest BCUT2D eigenvalue weighted by atomic mass is 9.99. The molecule has 0 spiro atoms. The highest BCUT2D eigenvalue weighted by Crippen LogP contribution is 2.38. The van der Waals surface area contributed by atoms with E-state index in [0.29, 0.717) is 11.8 Å². The summed E-state index contributed by atoms with van der Waals surface area (Å²) < 4.78 is 25.2. The van der Waals surface area contributed by atoms with E-state index in [1.807, 2.05) is 0 Å². The molecule has 34 heavy (non-hydrogen) atoms. The molecular formula is C25H29N3O5S. The molecule has 2 aromatic rings. The van der Waals surface area contributed by atoms with Crippen LogP contribution in [0.5, 0.6) is 0 Å². The van der Waals surface area contributed by atoms with E-state index in [0.717, 1.165) is 55.3 Å². The number of benzene rings is 2. The molecule has 180 valence electrons. The molecule has 0 saturated carbocycles. The van der Waals surface area contributed by atoms with Crippen molar-refractivity contribution in [2.45, 2.75) is 69.8 Å². The van der Waals surface area contributed by atoms with Crippen LogP contribution >= 0.6 is 0 Å². The first-order valence-corrected chi connectivity index (χ1v) is 12.9. The van der Waals surface area contributed by atoms with Crippen molar-refractivity contribution < 1.29 is 23.3 Å². The van der Waals surface area contributed by atoms with Crippen molar-refractivity contribution in [3.05, 3.63) is 58.1 Å². The Labute approximate surface area is 199 Å². The van der Waals surface area contributed by atoms with Gasteiger partial charge in [-0.3, -0.25) is 4.79 Å². The third-order valence-electron chi connectivity index (χ3n) is 5.87. The molecule has 0 bridgehead atoms. The molecule has 2 aliphatic rings. The predicted octanol–water partition coefficient (Wildman–Crippen LogP) is 4.98. The van der Waals surface area contributed by atoms with E-state index in [1.54, 1.807) is 20.8 Å². The molecule has 0 aliphatic heterocycles. The summed E-state index contributed by atoms with van der Waals surface area (Å²) >= 11 is 0. The number of anilines is 1. The monoisotopic (exact) mass is 483 g/mol. The number of amides is 3. The minimum absolute atomic E-state index is 0.0858. The van der Waals surface area contributed by atoms with E-state index in [1.165, 1.54) is 35.4 Å². The van der Waals surface area contributed by atoms with Crippen molar-refractivity contribution in [1.29, 1.82) is 0 Å². The van der Waals surface area contributed by atoms with Crippen LogP contribution in [-0.2, 0) is 40.3 Å². The fourth-order valence-electron chi connectivity index (χ4n) is 4.48. The summed E-state index contributed by atoms with van der Waals surface area (Å²) in [6, 6.07) is 7.23. The van der Waals surface area contributed by atoms with Gasteiger partial charge in [0.15, 0.2) is 9.92 Å². The van der Waals surface area contributed by atoms with Crippen molar-refractivity contribution >= 4 is 34.0 Å². The minimum Gasteiger partial charge on any atom is -0.442 e. The SMILES string of the molecule is CC(C)(C)OC(=O)N=S(=O)(NC(=O)Nc1c2c(cc3c1CCC3)CCC2)c1ccc(C=O)cc1. The average molecular weight is 484 g/mol. The molecule has 0 fully saturated rings. The maximum absolute atomic E-state index is 13.8. The van der Waals surface area contributed by atoms with Gasteiger partial charge in [-0.05, 0) is 93.7 Å². The molecule has 3 amide bonds. The zero-order valence-electron chi connectivity index (χ0n) is 19.6. The Hall–Kier alpha value is -3.20. The Balaban J connectivity index is 1.67. The quantitative estimate of drug-likeness (QED) is 0.596. The summed E-state index contributed by atoms with van der Waals surface area (Å²) in [6.07, 6.45) is 5.36. The highest BCUT2D eigenvalue weighted by molar-refractivity contribution is 7.92. The van der Waals surface area contributed by atoms with Crippen LogP contribution in [0.4, 0.5) is 15.3 Å². The maximum atomic E-state index is 13.8. The summed E-state index contributed by atoms with van der Waals surface area (Å²) in [5, 5.41) is 2.91. The molecular weight excluding hydrogens is 454 g/mol. The van der Waals surface area contributed by atoms with Crippen molar-refractivity contribution in [2.75, 3.05) is 5.32 Å². The number of hydrogen-bond donors (Lipinski definition) is 2. The zero-order chi connectivity index (χ0) is 24.5. The van der Waals surface area contributed by atoms with Crippen LogP contribution < -0.4 is 10.0 Å². The van der Waals surface area contributed by atoms with E-state index in [-0.39, 0.29) is 4.90 Å². The zero-order valence-corrected chi connectivity index (χ0v) is 20.4. The van der Waals surface area contributed by atoms with Gasteiger partial charge in [0.05, 0.1) is 4.90 Å². The van der Waals surface area contributed by atoms with Crippen LogP contribution in [0.1, 0.15) is 66.2 Å². The lowest BCUT2D eigenvalue weighted by Crippen LogP contribution is -2.36. The fourth-order valence-corrected chi connectivity index (χ4v) is 5.81. The topological polar surface area (TPSA) is 114 Å². The van der Waals surface area contributed by atoms with Crippen molar-refractivity contribution in [3.8, 4) is 0 Å². The van der Waals surface area contributed by atoms with Crippen molar-refractivity contribution in [2.24, 2.45) is 4.36 Å². The minimum atomic E-state index is -3.74. The van der Waals surface area contributed by atoms with Gasteiger partial charge in [-0.1, -0.05) is 18.2 Å². The van der Waals surface area contributed by atoms with Crippen LogP contribution in [0.25, 0.3) is 0 Å². The third kappa shape index (κ3) is 5.14. The van der Waals surface area contributed by atoms with Gasteiger partial charge in [-0.2, -0.15) is 0 Å². The van der Waals surface area contributed by atoms with E-state index >= 15 is 0 Å². The van der Waals surface area contributed by atoms with E-state index in [2.05, 4.69) is 20.5 Å². The molecule has 1 atom stereocenters. The molecule has 0 heterocycles. The molecule has 4 rings (SSSR count). The molecule has 2 aromatic carbocycles. The molecule has 2 aliphatic carbocycles. The Morgan fingerprint density at radius 1 is 1.00 bits per heavy atom. The van der Waals surface area contributed by atoms with Gasteiger partial charge in [0, 0.05) is 11.3 Å². The predicted molar refractivity (Wildman–Crippen MR) is 130 cm³/mol. The molecule has 0 saturated heterocycles. The number of aryl methyl sites for hydroxylation is 2. The largest absolute Gasteiger partial charge is 0.444 e. The first-order chi connectivity index (χ1) is 16.1. The summed E-state index contributed by atoms with van der Waals surface area (Å²) in [5.74, 6) is 0. The van der Waals surface area contributed by atoms with Gasteiger partial charge >= 0.3 is 12.1 Å². The highest BCUT2D eigenvalue weighted by Gasteiger charge is 2.27. The molecule has 9 heteroatoms. The average Bonchev–Trinajstić information content (AvgIpc) is 3.41. The first-order valence-electron chi connectivity index (χ1n) is 11.4. The van der Waals surface area contributed by atoms with Gasteiger partial charge in [-0.25, -0.2) is 18.5 Å². The number of fused-ring (bicyclic) bond motifs is 2. The summed E-state index contributed by atoms with van der Waals surface area (Å²) in [4.78, 5) is 36.6. The summed E-state index contributed by atoms with van der Waals surface area (Å²) in [6.45, 7) is 4.99. The second-order valence-corrected chi connectivity index (χ2v) is 11.5. The molecule has 2 N–H and O–H groups in total. The highest BCUT2D eigenvalue weighted by atomic mass is 32.2. The van der Waals surface area contributed by atoms with E-state index in [9.17, 15) is 18.6 Å². The number of aldehydes is 1. The van der Waals surface area contributed by atoms with Gasteiger partial charge in [-0.15, -0.1) is 4.36 Å². The lowest BCUT2D eigenvalue weighted by molar-refractivity contribution is 0.0607. The summed E-state index contributed by atoms with van der Waals surface area (Å²) in [7, 11) is -3.74. The number of carbonyl (C=O) groups is 3. The number of carbonyl (C=O) groups excluding carboxylic acids is 3. The first kappa shape index (κ1) is 23.9. The van der Waals surface area contributed by atoms with Gasteiger partial charge in [0.2, 0.25) is 0 Å². The Kier molecular flexibility index (Phi) is 6.49. The number of nitrogens with zero attached hydrogens (tertiary/aromatic N) is 1. The number of hydrogen-bond acceptors (Lipinski definition) is 5. The molecule has 0 radical (unpaired) electrons. The second-order valence-electron chi connectivity index (χ2n) is 9.57. The van der Waals surface area contributed by atoms with E-state index in [4.69, 9.17) is 4.74 Å². The molecule has 0 aromatic heterocycles. The third-order valence-corrected chi connectivity index (χ3v) is 7.65. The smallest absolute Gasteiger partial charge is 0.442 e. The number of nitrogens with one attached hydrogen (secondary N) is 2. The number of urea groups is 1. The Morgan fingerprint density at radius 2 is 1.59 bits per heavy atom. The summed E-state index contributed by atoms with van der Waals surface area (Å²) in [5.41, 5.74) is 5.05. The van der Waals surface area contributed by atoms with Crippen LogP contribution in [0.2, 0.25) is 0 Å². The van der Waals surface area contributed by atoms with Gasteiger partial charge < -0.3 is 10.1 Å². The normalized spacial score (nSPS) is 16.1. The van der Waals surface area contributed by atoms with Gasteiger partial charge in [0.1, 0.15) is 11.9 Å². The van der Waals surface area contributed by atoms with Crippen molar-refractivity contribution in [3.63, 3.8) is 0 Å². The van der Waals surface area contributed by atoms with Crippen LogP contribution in [0, 0.1) is 0 Å². The van der Waals surface area contributed by atoms with E-state index < -0.39 is 27.6 Å². The van der Waals surface area contributed by atoms with Gasteiger partial charge in [0.25, 0.3) is 0 Å². The fraction of sp³-hybridized carbons (Fsp3) is 0.400. The van der Waals surface area contributed by atoms with Crippen LogP contribution in [0.3, 0.4) is 0 Å². The van der Waals surface area contributed by atoms with Crippen LogP contribution in [-0.4, -0.2) is 28.2 Å². The lowest BCUT2D eigenvalue weighted by Gasteiger charge is -2.19. The molecule has 8 nitrogen and oxygen atoms in total. The number of rotatable bonds is 4. The Morgan fingerprint density at radius 3 is 2.12 bits per heavy atom. The molecule has 1 unspecified atom stereocenters. The standard InChI is InChI=1S/C25H29N3O5S/c1-25(2,3)33-24(31)28-34(32,19-12-10-16(15-29)11-13-19)27-23(30)26-22-20-8-4-6-17(20)14-18-7-5-9-21(18)22/h10-15H,4-9H2,1-3H3,(H2,26,27,28,30,31,32). The van der Waals surface area contributed by atoms with Crippen molar-refractivity contribution in [1.82, 2.24) is 4.72 Å². The Bertz CT molecular complexity index is 1240. The number of ether oxygens (including phenoxy) is 1. The second kappa shape index (κ2) is 9.21.